The van der Waals surface area contributed by atoms with Gasteiger partial charge in [0.25, 0.3) is 0 Å². The zero-order chi connectivity index (χ0) is 14.0. The summed E-state index contributed by atoms with van der Waals surface area (Å²) in [5, 5.41) is 0. The van der Waals surface area contributed by atoms with E-state index >= 15 is 0 Å². The van der Waals surface area contributed by atoms with Crippen LogP contribution in [0.2, 0.25) is 0 Å². The van der Waals surface area contributed by atoms with Crippen LogP contribution < -0.4 is 0 Å². The fourth-order valence-corrected chi connectivity index (χ4v) is 2.56. The molecule has 18 heavy (non-hydrogen) atoms. The summed E-state index contributed by atoms with van der Waals surface area (Å²) in [6.45, 7) is 17.8. The molecule has 1 radical (unpaired) electrons. The van der Waals surface area contributed by atoms with Crippen molar-refractivity contribution in [3.8, 4) is 0 Å². The first-order valence-electron chi connectivity index (χ1n) is 7.10. The standard InChI is InChI=1S/C18H29/c1-8-9-11-14-15(17(2,3)4)12-10-13-16(14)18(5,6)7/h10,12-13H,1,8-9,11H2,2-7H3. The minimum Gasteiger partial charge on any atom is -0.0617 e. The van der Waals surface area contributed by atoms with Crippen LogP contribution in [-0.2, 0) is 17.3 Å². The summed E-state index contributed by atoms with van der Waals surface area (Å²) < 4.78 is 0. The van der Waals surface area contributed by atoms with Gasteiger partial charge < -0.3 is 0 Å². The Morgan fingerprint density at radius 3 is 1.67 bits per heavy atom. The maximum absolute atomic E-state index is 3.98. The molecule has 0 aliphatic carbocycles. The van der Waals surface area contributed by atoms with Gasteiger partial charge in [-0.3, -0.25) is 0 Å². The van der Waals surface area contributed by atoms with Crippen LogP contribution in [0.15, 0.2) is 18.2 Å². The zero-order valence-electron chi connectivity index (χ0n) is 13.1. The molecule has 1 aromatic rings. The summed E-state index contributed by atoms with van der Waals surface area (Å²) >= 11 is 0. The van der Waals surface area contributed by atoms with Gasteiger partial charge in [-0.2, -0.15) is 0 Å². The molecule has 0 bridgehead atoms. The predicted octanol–water partition coefficient (Wildman–Crippen LogP) is 5.44. The van der Waals surface area contributed by atoms with E-state index in [0.717, 1.165) is 12.8 Å². The lowest BCUT2D eigenvalue weighted by atomic mass is 9.75. The van der Waals surface area contributed by atoms with E-state index in [1.165, 1.54) is 17.5 Å². The number of hydrogen-bond acceptors (Lipinski definition) is 0. The predicted molar refractivity (Wildman–Crippen MR) is 82.1 cm³/mol. The molecule has 0 aliphatic rings. The minimum atomic E-state index is 0.220. The maximum atomic E-state index is 3.98. The summed E-state index contributed by atoms with van der Waals surface area (Å²) in [4.78, 5) is 0. The Morgan fingerprint density at radius 2 is 1.33 bits per heavy atom. The molecule has 0 amide bonds. The highest BCUT2D eigenvalue weighted by Gasteiger charge is 2.24. The normalized spacial score (nSPS) is 12.8. The van der Waals surface area contributed by atoms with Crippen molar-refractivity contribution in [3.63, 3.8) is 0 Å². The Bertz CT molecular complexity index is 353. The van der Waals surface area contributed by atoms with Crippen LogP contribution in [0.1, 0.15) is 71.1 Å². The van der Waals surface area contributed by atoms with E-state index in [9.17, 15) is 0 Å². The van der Waals surface area contributed by atoms with Crippen molar-refractivity contribution < 1.29 is 0 Å². The van der Waals surface area contributed by atoms with Crippen molar-refractivity contribution in [2.24, 2.45) is 0 Å². The van der Waals surface area contributed by atoms with Gasteiger partial charge in [0.15, 0.2) is 0 Å². The van der Waals surface area contributed by atoms with Crippen LogP contribution >= 0.6 is 0 Å². The monoisotopic (exact) mass is 245 g/mol. The van der Waals surface area contributed by atoms with E-state index in [-0.39, 0.29) is 10.8 Å². The third kappa shape index (κ3) is 3.60. The lowest BCUT2D eigenvalue weighted by Gasteiger charge is -2.30. The van der Waals surface area contributed by atoms with E-state index in [0.29, 0.717) is 0 Å². The molecule has 101 valence electrons. The highest BCUT2D eigenvalue weighted by Crippen LogP contribution is 2.34. The second-order valence-electron chi connectivity index (χ2n) is 7.29. The number of unbranched alkanes of at least 4 members (excludes halogenated alkanes) is 1. The van der Waals surface area contributed by atoms with Crippen molar-refractivity contribution in [3.05, 3.63) is 41.8 Å². The molecule has 0 heterocycles. The molecule has 0 atom stereocenters. The average Bonchev–Trinajstić information content (AvgIpc) is 2.23. The SMILES string of the molecule is [CH2]CCCc1c(C(C)(C)C)cccc1C(C)(C)C. The molecule has 0 nitrogen and oxygen atoms in total. The quantitative estimate of drug-likeness (QED) is 0.665. The number of hydrogen-bond donors (Lipinski definition) is 0. The zero-order valence-corrected chi connectivity index (χ0v) is 13.1. The topological polar surface area (TPSA) is 0 Å². The van der Waals surface area contributed by atoms with Crippen molar-refractivity contribution >= 4 is 0 Å². The van der Waals surface area contributed by atoms with Gasteiger partial charge in [-0.05, 0) is 40.4 Å². The molecular weight excluding hydrogens is 216 g/mol. The van der Waals surface area contributed by atoms with Gasteiger partial charge in [0.05, 0.1) is 0 Å². The highest BCUT2D eigenvalue weighted by molar-refractivity contribution is 5.42. The van der Waals surface area contributed by atoms with E-state index in [2.05, 4.69) is 66.7 Å². The first kappa shape index (κ1) is 15.3. The molecule has 0 heteroatoms. The van der Waals surface area contributed by atoms with E-state index < -0.39 is 0 Å². The number of benzene rings is 1. The fraction of sp³-hybridized carbons (Fsp3) is 0.611. The maximum Gasteiger partial charge on any atom is -0.0129 e. The first-order chi connectivity index (χ1) is 8.18. The van der Waals surface area contributed by atoms with Crippen LogP contribution in [0.4, 0.5) is 0 Å². The molecule has 0 fully saturated rings. The Labute approximate surface area is 114 Å². The van der Waals surface area contributed by atoms with E-state index in [1.54, 1.807) is 5.56 Å². The van der Waals surface area contributed by atoms with E-state index in [4.69, 9.17) is 0 Å². The first-order valence-corrected chi connectivity index (χ1v) is 7.10. The van der Waals surface area contributed by atoms with Gasteiger partial charge in [0.2, 0.25) is 0 Å². The summed E-state index contributed by atoms with van der Waals surface area (Å²) in [5.41, 5.74) is 5.00. The molecule has 1 aromatic carbocycles. The van der Waals surface area contributed by atoms with Crippen molar-refractivity contribution in [2.45, 2.75) is 71.6 Å². The summed E-state index contributed by atoms with van der Waals surface area (Å²) in [5.74, 6) is 0. The molecule has 0 N–H and O–H groups in total. The van der Waals surface area contributed by atoms with E-state index in [1.807, 2.05) is 0 Å². The number of rotatable bonds is 3. The second-order valence-corrected chi connectivity index (χ2v) is 7.29. The average molecular weight is 245 g/mol. The molecule has 0 saturated carbocycles. The third-order valence-electron chi connectivity index (χ3n) is 3.47. The Hall–Kier alpha value is -0.780. The fourth-order valence-electron chi connectivity index (χ4n) is 2.56. The molecule has 0 aliphatic heterocycles. The second kappa shape index (κ2) is 5.47. The van der Waals surface area contributed by atoms with Crippen molar-refractivity contribution in [1.82, 2.24) is 0 Å². The van der Waals surface area contributed by atoms with Gasteiger partial charge in [-0.15, -0.1) is 0 Å². The Kier molecular flexibility index (Phi) is 4.64. The molecule has 0 aromatic heterocycles. The molecule has 0 unspecified atom stereocenters. The molecular formula is C18H29. The van der Waals surface area contributed by atoms with Crippen LogP contribution in [0.25, 0.3) is 0 Å². The minimum absolute atomic E-state index is 0.220. The van der Waals surface area contributed by atoms with Gasteiger partial charge >= 0.3 is 0 Å². The Balaban J connectivity index is 3.35. The van der Waals surface area contributed by atoms with Crippen molar-refractivity contribution in [2.75, 3.05) is 0 Å². The van der Waals surface area contributed by atoms with Gasteiger partial charge in [0, 0.05) is 0 Å². The van der Waals surface area contributed by atoms with Crippen LogP contribution in [-0.4, -0.2) is 0 Å². The Morgan fingerprint density at radius 1 is 0.889 bits per heavy atom. The summed E-state index contributed by atoms with van der Waals surface area (Å²) in [6, 6.07) is 6.82. The van der Waals surface area contributed by atoms with Crippen LogP contribution in [0, 0.1) is 6.92 Å². The highest BCUT2D eigenvalue weighted by atomic mass is 14.3. The summed E-state index contributed by atoms with van der Waals surface area (Å²) in [7, 11) is 0. The smallest absolute Gasteiger partial charge is 0.0129 e. The van der Waals surface area contributed by atoms with Gasteiger partial charge in [-0.25, -0.2) is 0 Å². The summed E-state index contributed by atoms with van der Waals surface area (Å²) in [6.07, 6.45) is 3.35. The molecule has 1 rings (SSSR count). The third-order valence-corrected chi connectivity index (χ3v) is 3.47. The lowest BCUT2D eigenvalue weighted by Crippen LogP contribution is -2.21. The lowest BCUT2D eigenvalue weighted by molar-refractivity contribution is 0.552. The molecule has 0 spiro atoms. The van der Waals surface area contributed by atoms with Gasteiger partial charge in [-0.1, -0.05) is 73.1 Å². The van der Waals surface area contributed by atoms with Crippen LogP contribution in [0.5, 0.6) is 0 Å². The van der Waals surface area contributed by atoms with Gasteiger partial charge in [0.1, 0.15) is 0 Å². The molecule has 0 saturated heterocycles. The van der Waals surface area contributed by atoms with Crippen molar-refractivity contribution in [1.29, 1.82) is 0 Å². The van der Waals surface area contributed by atoms with Crippen LogP contribution in [0.3, 0.4) is 0 Å². The largest absolute Gasteiger partial charge is 0.0617 e.